The molecule has 0 fully saturated rings. The van der Waals surface area contributed by atoms with Crippen LogP contribution in [-0.4, -0.2) is 19.6 Å². The number of aryl methyl sites for hydroxylation is 2. The van der Waals surface area contributed by atoms with Gasteiger partial charge in [-0.1, -0.05) is 18.2 Å². The predicted molar refractivity (Wildman–Crippen MR) is 113 cm³/mol. The first kappa shape index (κ1) is 19.4. The minimum absolute atomic E-state index is 0.302. The van der Waals surface area contributed by atoms with Crippen molar-refractivity contribution >= 4 is 22.6 Å². The molecule has 0 atom stereocenters. The average Bonchev–Trinajstić information content (AvgIpc) is 3.02. The van der Waals surface area contributed by atoms with Gasteiger partial charge in [0.15, 0.2) is 0 Å². The Balaban J connectivity index is 1.85. The summed E-state index contributed by atoms with van der Waals surface area (Å²) in [5.74, 6) is -0.884. The van der Waals surface area contributed by atoms with Gasteiger partial charge in [0.25, 0.3) is 5.56 Å². The van der Waals surface area contributed by atoms with Crippen LogP contribution in [0.1, 0.15) is 5.69 Å². The third kappa shape index (κ3) is 3.32. The largest absolute Gasteiger partial charge is 0.342 e. The summed E-state index contributed by atoms with van der Waals surface area (Å²) < 4.78 is 17.1. The smallest absolute Gasteiger partial charge is 0.336 e. The average molecular weight is 406 g/mol. The van der Waals surface area contributed by atoms with Gasteiger partial charge in [-0.05, 0) is 49.4 Å². The number of anilines is 1. The van der Waals surface area contributed by atoms with E-state index in [4.69, 9.17) is 0 Å². The molecule has 0 saturated carbocycles. The van der Waals surface area contributed by atoms with Gasteiger partial charge in [-0.3, -0.25) is 14.2 Å². The number of nitrogens with zero attached hydrogens (tertiary/aromatic N) is 3. The van der Waals surface area contributed by atoms with Crippen molar-refractivity contribution < 1.29 is 9.18 Å². The van der Waals surface area contributed by atoms with E-state index in [0.29, 0.717) is 22.4 Å². The summed E-state index contributed by atoms with van der Waals surface area (Å²) in [6.07, 6.45) is 0. The Morgan fingerprint density at radius 3 is 2.37 bits per heavy atom. The molecule has 0 aliphatic carbocycles. The molecule has 0 spiro atoms. The molecule has 4 aromatic rings. The first-order chi connectivity index (χ1) is 14.4. The van der Waals surface area contributed by atoms with E-state index >= 15 is 0 Å². The molecule has 152 valence electrons. The van der Waals surface area contributed by atoms with Crippen LogP contribution >= 0.6 is 0 Å². The van der Waals surface area contributed by atoms with Crippen molar-refractivity contribution in [2.24, 2.45) is 7.05 Å². The van der Waals surface area contributed by atoms with Crippen molar-refractivity contribution in [3.63, 3.8) is 0 Å². The molecule has 0 aliphatic rings. The summed E-state index contributed by atoms with van der Waals surface area (Å²) in [6, 6.07) is 15.6. The Morgan fingerprint density at radius 2 is 1.70 bits per heavy atom. The van der Waals surface area contributed by atoms with E-state index in [1.54, 1.807) is 48.0 Å². The lowest BCUT2D eigenvalue weighted by molar-refractivity contribution is -0.116. The molecule has 0 saturated heterocycles. The highest BCUT2D eigenvalue weighted by Crippen LogP contribution is 2.15. The zero-order chi connectivity index (χ0) is 21.4. The van der Waals surface area contributed by atoms with Gasteiger partial charge in [-0.2, -0.15) is 0 Å². The van der Waals surface area contributed by atoms with E-state index in [2.05, 4.69) is 5.32 Å². The molecule has 1 amide bonds. The van der Waals surface area contributed by atoms with Crippen molar-refractivity contribution in [1.29, 1.82) is 0 Å². The van der Waals surface area contributed by atoms with Gasteiger partial charge in [0, 0.05) is 18.4 Å². The summed E-state index contributed by atoms with van der Waals surface area (Å²) in [6.45, 7) is 1.52. The van der Waals surface area contributed by atoms with Crippen molar-refractivity contribution in [3.8, 4) is 5.69 Å². The Kier molecular flexibility index (Phi) is 4.83. The zero-order valence-corrected chi connectivity index (χ0v) is 16.4. The van der Waals surface area contributed by atoms with Crippen molar-refractivity contribution in [2.75, 3.05) is 5.32 Å². The first-order valence-electron chi connectivity index (χ1n) is 9.29. The second-order valence-corrected chi connectivity index (χ2v) is 6.98. The third-order valence-corrected chi connectivity index (χ3v) is 5.02. The monoisotopic (exact) mass is 406 g/mol. The van der Waals surface area contributed by atoms with Gasteiger partial charge in [0.1, 0.15) is 17.9 Å². The normalized spacial score (nSPS) is 11.0. The highest BCUT2D eigenvalue weighted by molar-refractivity contribution is 5.91. The standard InChI is InChI=1S/C22H19FN4O3/c1-14-12-18-20(25(14)2)21(29)27(17-6-4-3-5-7-17)22(30)26(18)13-19(28)24-16-10-8-15(23)9-11-16/h3-12H,13H2,1-2H3,(H,24,28). The maximum absolute atomic E-state index is 13.2. The van der Waals surface area contributed by atoms with Crippen LogP contribution in [0.15, 0.2) is 70.3 Å². The van der Waals surface area contributed by atoms with Crippen LogP contribution in [0.4, 0.5) is 10.1 Å². The number of hydrogen-bond acceptors (Lipinski definition) is 3. The number of fused-ring (bicyclic) bond motifs is 1. The molecule has 2 aromatic carbocycles. The van der Waals surface area contributed by atoms with E-state index in [1.165, 1.54) is 28.8 Å². The van der Waals surface area contributed by atoms with E-state index in [1.807, 2.05) is 6.92 Å². The minimum atomic E-state index is -0.612. The number of benzene rings is 2. The summed E-state index contributed by atoms with van der Waals surface area (Å²) in [5, 5.41) is 2.65. The molecule has 2 aromatic heterocycles. The lowest BCUT2D eigenvalue weighted by Gasteiger charge is -2.13. The van der Waals surface area contributed by atoms with Crippen LogP contribution in [0.3, 0.4) is 0 Å². The number of rotatable bonds is 4. The van der Waals surface area contributed by atoms with Gasteiger partial charge >= 0.3 is 5.69 Å². The molecule has 7 nitrogen and oxygen atoms in total. The van der Waals surface area contributed by atoms with Gasteiger partial charge in [0.05, 0.1) is 11.2 Å². The molecule has 0 aliphatic heterocycles. The quantitative estimate of drug-likeness (QED) is 0.566. The number of nitrogens with one attached hydrogen (secondary N) is 1. The van der Waals surface area contributed by atoms with Crippen LogP contribution in [0.25, 0.3) is 16.7 Å². The molecule has 0 bridgehead atoms. The van der Waals surface area contributed by atoms with Crippen LogP contribution in [0, 0.1) is 12.7 Å². The number of halogens is 1. The predicted octanol–water partition coefficient (Wildman–Crippen LogP) is 2.58. The van der Waals surface area contributed by atoms with Gasteiger partial charge in [-0.25, -0.2) is 13.8 Å². The van der Waals surface area contributed by atoms with E-state index in [9.17, 15) is 18.8 Å². The molecular formula is C22H19FN4O3. The third-order valence-electron chi connectivity index (χ3n) is 5.02. The van der Waals surface area contributed by atoms with Crippen LogP contribution in [-0.2, 0) is 18.4 Å². The lowest BCUT2D eigenvalue weighted by Crippen LogP contribution is -2.41. The number of carbonyl (C=O) groups is 1. The number of aromatic nitrogens is 3. The molecule has 0 unspecified atom stereocenters. The van der Waals surface area contributed by atoms with Gasteiger partial charge in [0.2, 0.25) is 5.91 Å². The van der Waals surface area contributed by atoms with Gasteiger partial charge < -0.3 is 9.88 Å². The number of amides is 1. The molecular weight excluding hydrogens is 387 g/mol. The van der Waals surface area contributed by atoms with E-state index in [0.717, 1.165) is 10.3 Å². The minimum Gasteiger partial charge on any atom is -0.342 e. The van der Waals surface area contributed by atoms with Crippen LogP contribution in [0.2, 0.25) is 0 Å². The summed E-state index contributed by atoms with van der Waals surface area (Å²) in [5.41, 5.74) is 1.25. The fraction of sp³-hybridized carbons (Fsp3) is 0.136. The molecule has 8 heteroatoms. The second-order valence-electron chi connectivity index (χ2n) is 6.98. The fourth-order valence-corrected chi connectivity index (χ4v) is 3.42. The first-order valence-corrected chi connectivity index (χ1v) is 9.29. The maximum atomic E-state index is 13.2. The maximum Gasteiger partial charge on any atom is 0.336 e. The molecule has 1 N–H and O–H groups in total. The summed E-state index contributed by atoms with van der Waals surface area (Å²) in [4.78, 5) is 39.0. The SMILES string of the molecule is Cc1cc2c(c(=O)n(-c3ccccc3)c(=O)n2CC(=O)Nc2ccc(F)cc2)n1C. The van der Waals surface area contributed by atoms with E-state index in [-0.39, 0.29) is 6.54 Å². The fourth-order valence-electron chi connectivity index (χ4n) is 3.42. The lowest BCUT2D eigenvalue weighted by atomic mass is 10.3. The topological polar surface area (TPSA) is 78.0 Å². The zero-order valence-electron chi connectivity index (χ0n) is 16.4. The number of para-hydroxylation sites is 1. The summed E-state index contributed by atoms with van der Waals surface area (Å²) >= 11 is 0. The highest BCUT2D eigenvalue weighted by Gasteiger charge is 2.20. The summed E-state index contributed by atoms with van der Waals surface area (Å²) in [7, 11) is 1.74. The Hall–Kier alpha value is -3.94. The van der Waals surface area contributed by atoms with Crippen molar-refractivity contribution in [3.05, 3.63) is 93.0 Å². The molecule has 30 heavy (non-hydrogen) atoms. The highest BCUT2D eigenvalue weighted by atomic mass is 19.1. The van der Waals surface area contributed by atoms with Crippen molar-refractivity contribution in [2.45, 2.75) is 13.5 Å². The van der Waals surface area contributed by atoms with Crippen molar-refractivity contribution in [1.82, 2.24) is 13.7 Å². The Morgan fingerprint density at radius 1 is 1.03 bits per heavy atom. The Bertz CT molecular complexity index is 1370. The molecule has 2 heterocycles. The van der Waals surface area contributed by atoms with Crippen LogP contribution in [0.5, 0.6) is 0 Å². The second kappa shape index (κ2) is 7.47. The van der Waals surface area contributed by atoms with Gasteiger partial charge in [-0.15, -0.1) is 0 Å². The number of carbonyl (C=O) groups excluding carboxylic acids is 1. The molecule has 4 rings (SSSR count). The van der Waals surface area contributed by atoms with Crippen LogP contribution < -0.4 is 16.6 Å². The van der Waals surface area contributed by atoms with E-state index < -0.39 is 23.0 Å². The molecule has 0 radical (unpaired) electrons. The number of hydrogen-bond donors (Lipinski definition) is 1. The Labute approximate surface area is 170 Å².